The van der Waals surface area contributed by atoms with E-state index in [-0.39, 0.29) is 11.4 Å². The molecule has 0 aliphatic heterocycles. The van der Waals surface area contributed by atoms with Gasteiger partial charge in [-0.25, -0.2) is 17.9 Å². The zero-order valence-corrected chi connectivity index (χ0v) is 12.6. The fourth-order valence-electron chi connectivity index (χ4n) is 1.64. The maximum absolute atomic E-state index is 12.1. The number of carbonyl (C=O) groups is 1. The number of rotatable bonds is 5. The molecular formula is C14H15N3O4S. The van der Waals surface area contributed by atoms with E-state index in [2.05, 4.69) is 19.8 Å². The molecule has 1 aromatic carbocycles. The molecule has 116 valence electrons. The molecule has 1 amide bonds. The highest BCUT2D eigenvalue weighted by atomic mass is 32.2. The molecule has 0 saturated heterocycles. The second-order valence-electron chi connectivity index (χ2n) is 4.29. The van der Waals surface area contributed by atoms with E-state index < -0.39 is 16.1 Å². The van der Waals surface area contributed by atoms with Gasteiger partial charge in [-0.05, 0) is 36.4 Å². The summed E-state index contributed by atoms with van der Waals surface area (Å²) in [5.41, 5.74) is 1.06. The summed E-state index contributed by atoms with van der Waals surface area (Å²) in [6.45, 7) is 0.103. The molecule has 0 saturated carbocycles. The van der Waals surface area contributed by atoms with Crippen LogP contribution in [0.4, 0.5) is 10.5 Å². The van der Waals surface area contributed by atoms with Gasteiger partial charge in [0.2, 0.25) is 10.0 Å². The number of benzene rings is 1. The van der Waals surface area contributed by atoms with E-state index >= 15 is 0 Å². The molecule has 0 radical (unpaired) electrons. The smallest absolute Gasteiger partial charge is 0.411 e. The van der Waals surface area contributed by atoms with E-state index in [1.807, 2.05) is 0 Å². The van der Waals surface area contributed by atoms with Crippen LogP contribution in [-0.2, 0) is 21.3 Å². The second-order valence-corrected chi connectivity index (χ2v) is 6.05. The van der Waals surface area contributed by atoms with Crippen LogP contribution in [0.5, 0.6) is 0 Å². The van der Waals surface area contributed by atoms with Gasteiger partial charge >= 0.3 is 6.09 Å². The Morgan fingerprint density at radius 1 is 1.18 bits per heavy atom. The Labute approximate surface area is 128 Å². The summed E-state index contributed by atoms with van der Waals surface area (Å²) in [7, 11) is -2.40. The average Bonchev–Trinajstić information content (AvgIpc) is 2.54. The van der Waals surface area contributed by atoms with Crippen molar-refractivity contribution < 1.29 is 17.9 Å². The number of nitrogens with zero attached hydrogens (tertiary/aromatic N) is 1. The number of hydrogen-bond donors (Lipinski definition) is 2. The van der Waals surface area contributed by atoms with Gasteiger partial charge < -0.3 is 4.74 Å². The lowest BCUT2D eigenvalue weighted by Gasteiger charge is -2.08. The highest BCUT2D eigenvalue weighted by Crippen LogP contribution is 2.14. The number of pyridine rings is 1. The van der Waals surface area contributed by atoms with Crippen LogP contribution >= 0.6 is 0 Å². The molecule has 0 unspecified atom stereocenters. The molecule has 22 heavy (non-hydrogen) atoms. The van der Waals surface area contributed by atoms with Crippen molar-refractivity contribution in [2.75, 3.05) is 12.4 Å². The number of methoxy groups -OCH3 is 1. The van der Waals surface area contributed by atoms with E-state index in [1.165, 1.54) is 31.4 Å². The van der Waals surface area contributed by atoms with E-state index in [0.29, 0.717) is 11.4 Å². The monoisotopic (exact) mass is 321 g/mol. The van der Waals surface area contributed by atoms with Crippen molar-refractivity contribution >= 4 is 21.8 Å². The topological polar surface area (TPSA) is 97.4 Å². The number of anilines is 1. The highest BCUT2D eigenvalue weighted by Gasteiger charge is 2.14. The van der Waals surface area contributed by atoms with Gasteiger partial charge in [0.15, 0.2) is 0 Å². The maximum Gasteiger partial charge on any atom is 0.411 e. The highest BCUT2D eigenvalue weighted by molar-refractivity contribution is 7.89. The summed E-state index contributed by atoms with van der Waals surface area (Å²) < 4.78 is 31.2. The normalized spacial score (nSPS) is 11.0. The molecule has 2 aromatic rings. The standard InChI is InChI=1S/C14H15N3O4S/c1-21-14(18)17-11-5-7-13(8-6-11)22(19,20)16-10-12-4-2-3-9-15-12/h2-9,16H,10H2,1H3,(H,17,18). The van der Waals surface area contributed by atoms with E-state index in [0.717, 1.165) is 0 Å². The van der Waals surface area contributed by atoms with Gasteiger partial charge in [-0.1, -0.05) is 6.07 Å². The predicted molar refractivity (Wildman–Crippen MR) is 80.7 cm³/mol. The van der Waals surface area contributed by atoms with E-state index in [9.17, 15) is 13.2 Å². The van der Waals surface area contributed by atoms with Gasteiger partial charge in [0.25, 0.3) is 0 Å². The molecule has 7 nitrogen and oxygen atoms in total. The third kappa shape index (κ3) is 4.27. The molecule has 0 fully saturated rings. The minimum absolute atomic E-state index is 0.0962. The third-order valence-electron chi connectivity index (χ3n) is 2.77. The quantitative estimate of drug-likeness (QED) is 0.874. The SMILES string of the molecule is COC(=O)Nc1ccc(S(=O)(=O)NCc2ccccn2)cc1. The van der Waals surface area contributed by atoms with Crippen LogP contribution in [0.1, 0.15) is 5.69 Å². The fourth-order valence-corrected chi connectivity index (χ4v) is 2.64. The Bertz CT molecular complexity index is 730. The molecule has 0 atom stereocenters. The van der Waals surface area contributed by atoms with Crippen molar-refractivity contribution in [2.24, 2.45) is 0 Å². The third-order valence-corrected chi connectivity index (χ3v) is 4.18. The number of nitrogens with one attached hydrogen (secondary N) is 2. The first kappa shape index (κ1) is 15.9. The Hall–Kier alpha value is -2.45. The summed E-state index contributed by atoms with van der Waals surface area (Å²) in [6, 6.07) is 11.0. The van der Waals surface area contributed by atoms with Crippen molar-refractivity contribution in [3.05, 3.63) is 54.4 Å². The van der Waals surface area contributed by atoms with E-state index in [1.54, 1.807) is 24.4 Å². The van der Waals surface area contributed by atoms with Gasteiger partial charge in [-0.15, -0.1) is 0 Å². The van der Waals surface area contributed by atoms with Crippen LogP contribution in [0.3, 0.4) is 0 Å². The van der Waals surface area contributed by atoms with Crippen LogP contribution in [0.2, 0.25) is 0 Å². The van der Waals surface area contributed by atoms with Crippen molar-refractivity contribution in [2.45, 2.75) is 11.4 Å². The molecule has 2 rings (SSSR count). The predicted octanol–water partition coefficient (Wildman–Crippen LogP) is 1.74. The molecule has 1 aromatic heterocycles. The minimum Gasteiger partial charge on any atom is -0.453 e. The molecule has 0 spiro atoms. The summed E-state index contributed by atoms with van der Waals surface area (Å²) in [5, 5.41) is 2.44. The summed E-state index contributed by atoms with van der Waals surface area (Å²) >= 11 is 0. The molecule has 1 heterocycles. The first-order chi connectivity index (χ1) is 10.5. The summed E-state index contributed by atoms with van der Waals surface area (Å²) in [4.78, 5) is 15.2. The Morgan fingerprint density at radius 3 is 2.50 bits per heavy atom. The number of ether oxygens (including phenoxy) is 1. The first-order valence-electron chi connectivity index (χ1n) is 6.36. The molecule has 0 aliphatic rings. The maximum atomic E-state index is 12.1. The lowest BCUT2D eigenvalue weighted by Crippen LogP contribution is -2.23. The molecular weight excluding hydrogens is 306 g/mol. The van der Waals surface area contributed by atoms with Gasteiger partial charge in [0, 0.05) is 11.9 Å². The zero-order chi connectivity index (χ0) is 16.0. The average molecular weight is 321 g/mol. The van der Waals surface area contributed by atoms with Crippen LogP contribution in [0.15, 0.2) is 53.6 Å². The molecule has 0 aliphatic carbocycles. The minimum atomic E-state index is -3.64. The lowest BCUT2D eigenvalue weighted by molar-refractivity contribution is 0.187. The van der Waals surface area contributed by atoms with Crippen LogP contribution < -0.4 is 10.0 Å². The Balaban J connectivity index is 2.04. The van der Waals surface area contributed by atoms with Crippen molar-refractivity contribution in [1.29, 1.82) is 0 Å². The number of amides is 1. The summed E-state index contributed by atoms with van der Waals surface area (Å²) in [5.74, 6) is 0. The summed E-state index contributed by atoms with van der Waals surface area (Å²) in [6.07, 6.45) is 0.973. The Kier molecular flexibility index (Phi) is 5.08. The van der Waals surface area contributed by atoms with Crippen molar-refractivity contribution in [3.63, 3.8) is 0 Å². The lowest BCUT2D eigenvalue weighted by atomic mass is 10.3. The molecule has 0 bridgehead atoms. The fraction of sp³-hybridized carbons (Fsp3) is 0.143. The Morgan fingerprint density at radius 2 is 1.91 bits per heavy atom. The van der Waals surface area contributed by atoms with Gasteiger partial charge in [-0.3, -0.25) is 10.3 Å². The van der Waals surface area contributed by atoms with Crippen LogP contribution in [0, 0.1) is 0 Å². The van der Waals surface area contributed by atoms with Crippen LogP contribution in [-0.4, -0.2) is 26.6 Å². The van der Waals surface area contributed by atoms with Crippen molar-refractivity contribution in [3.8, 4) is 0 Å². The van der Waals surface area contributed by atoms with Gasteiger partial charge in [0.05, 0.1) is 24.2 Å². The van der Waals surface area contributed by atoms with Crippen LogP contribution in [0.25, 0.3) is 0 Å². The number of hydrogen-bond acceptors (Lipinski definition) is 5. The van der Waals surface area contributed by atoms with Gasteiger partial charge in [-0.2, -0.15) is 0 Å². The van der Waals surface area contributed by atoms with Gasteiger partial charge in [0.1, 0.15) is 0 Å². The largest absolute Gasteiger partial charge is 0.453 e. The number of carbonyl (C=O) groups excluding carboxylic acids is 1. The first-order valence-corrected chi connectivity index (χ1v) is 7.84. The number of aromatic nitrogens is 1. The second kappa shape index (κ2) is 7.01. The zero-order valence-electron chi connectivity index (χ0n) is 11.8. The molecule has 8 heteroatoms. The van der Waals surface area contributed by atoms with E-state index in [4.69, 9.17) is 0 Å². The number of sulfonamides is 1. The van der Waals surface area contributed by atoms with Crippen molar-refractivity contribution in [1.82, 2.24) is 9.71 Å². The molecule has 2 N–H and O–H groups in total.